The minimum Gasteiger partial charge on any atom is -0.508 e. The van der Waals surface area contributed by atoms with Crippen LogP contribution in [0.5, 0.6) is 5.75 Å². The Morgan fingerprint density at radius 2 is 1.92 bits per heavy atom. The van der Waals surface area contributed by atoms with Crippen molar-refractivity contribution in [3.8, 4) is 5.75 Å². The minimum absolute atomic E-state index is 0.0964. The molecule has 2 aromatic carbocycles. The molecule has 0 radical (unpaired) electrons. The predicted molar refractivity (Wildman–Crippen MR) is 92.6 cm³/mol. The van der Waals surface area contributed by atoms with E-state index in [2.05, 4.69) is 15.8 Å². The van der Waals surface area contributed by atoms with E-state index in [0.29, 0.717) is 16.1 Å². The number of benzene rings is 2. The van der Waals surface area contributed by atoms with Crippen LogP contribution in [0.25, 0.3) is 0 Å². The number of hydrogen-bond acceptors (Lipinski definition) is 4. The second-order valence-corrected chi connectivity index (χ2v) is 5.51. The summed E-state index contributed by atoms with van der Waals surface area (Å²) >= 11 is 11.6. The maximum absolute atomic E-state index is 11.9. The van der Waals surface area contributed by atoms with Crippen molar-refractivity contribution in [2.24, 2.45) is 5.10 Å². The van der Waals surface area contributed by atoms with E-state index in [1.807, 2.05) is 0 Å². The van der Waals surface area contributed by atoms with Gasteiger partial charge in [-0.2, -0.15) is 5.10 Å². The summed E-state index contributed by atoms with van der Waals surface area (Å²) in [6, 6.07) is 10.8. The van der Waals surface area contributed by atoms with Gasteiger partial charge in [-0.15, -0.1) is 0 Å². The van der Waals surface area contributed by atoms with Gasteiger partial charge in [-0.05, 0) is 35.9 Å². The van der Waals surface area contributed by atoms with Crippen LogP contribution in [0.1, 0.15) is 15.9 Å². The van der Waals surface area contributed by atoms with Crippen molar-refractivity contribution >= 4 is 41.2 Å². The van der Waals surface area contributed by atoms with E-state index < -0.39 is 11.8 Å². The van der Waals surface area contributed by atoms with Crippen LogP contribution in [0.4, 0.5) is 0 Å². The standard InChI is InChI=1S/C16H13Cl2N3O3/c17-13-5-4-11(7-14(13)18)16(24)19-9-15(23)21-20-8-10-2-1-3-12(22)6-10/h1-8,22H,9H2,(H,19,24)(H,21,23)/b20-8-. The SMILES string of the molecule is O=C(CNC(=O)c1ccc(Cl)c(Cl)c1)N/N=C\c1cccc(O)c1. The molecule has 3 N–H and O–H groups in total. The van der Waals surface area contributed by atoms with Gasteiger partial charge in [-0.1, -0.05) is 35.3 Å². The highest BCUT2D eigenvalue weighted by Gasteiger charge is 2.09. The molecule has 0 saturated carbocycles. The van der Waals surface area contributed by atoms with Crippen LogP contribution in [0, 0.1) is 0 Å². The summed E-state index contributed by atoms with van der Waals surface area (Å²) in [5.41, 5.74) is 3.18. The molecule has 0 saturated heterocycles. The van der Waals surface area contributed by atoms with Crippen molar-refractivity contribution in [1.82, 2.24) is 10.7 Å². The van der Waals surface area contributed by atoms with Gasteiger partial charge in [-0.3, -0.25) is 9.59 Å². The van der Waals surface area contributed by atoms with Crippen LogP contribution >= 0.6 is 23.2 Å². The lowest BCUT2D eigenvalue weighted by Crippen LogP contribution is -2.34. The summed E-state index contributed by atoms with van der Waals surface area (Å²) in [5, 5.41) is 16.1. The topological polar surface area (TPSA) is 90.8 Å². The number of nitrogens with one attached hydrogen (secondary N) is 2. The van der Waals surface area contributed by atoms with Crippen molar-refractivity contribution in [2.45, 2.75) is 0 Å². The number of aromatic hydroxyl groups is 1. The Balaban J connectivity index is 1.82. The van der Waals surface area contributed by atoms with Crippen molar-refractivity contribution < 1.29 is 14.7 Å². The largest absolute Gasteiger partial charge is 0.508 e. The quantitative estimate of drug-likeness (QED) is 0.561. The van der Waals surface area contributed by atoms with E-state index >= 15 is 0 Å². The maximum Gasteiger partial charge on any atom is 0.259 e. The van der Waals surface area contributed by atoms with Crippen LogP contribution in [0.2, 0.25) is 10.0 Å². The third kappa shape index (κ3) is 5.26. The molecular formula is C16H13Cl2N3O3. The number of hydrazone groups is 1. The molecule has 2 aromatic rings. The van der Waals surface area contributed by atoms with Gasteiger partial charge in [0.1, 0.15) is 5.75 Å². The van der Waals surface area contributed by atoms with E-state index in [1.165, 1.54) is 36.5 Å². The average molecular weight is 366 g/mol. The summed E-state index contributed by atoms with van der Waals surface area (Å²) in [6.45, 7) is -0.254. The van der Waals surface area contributed by atoms with Crippen LogP contribution in [-0.4, -0.2) is 29.7 Å². The van der Waals surface area contributed by atoms with Gasteiger partial charge in [0.15, 0.2) is 0 Å². The Labute approximate surface area is 148 Å². The third-order valence-electron chi connectivity index (χ3n) is 2.86. The first-order valence-corrected chi connectivity index (χ1v) is 7.55. The van der Waals surface area contributed by atoms with E-state index in [1.54, 1.807) is 12.1 Å². The number of halogens is 2. The number of nitrogens with zero attached hydrogens (tertiary/aromatic N) is 1. The molecule has 124 valence electrons. The zero-order valence-electron chi connectivity index (χ0n) is 12.3. The summed E-state index contributed by atoms with van der Waals surface area (Å²) in [5.74, 6) is -0.861. The molecule has 8 heteroatoms. The smallest absolute Gasteiger partial charge is 0.259 e. The summed E-state index contributed by atoms with van der Waals surface area (Å²) in [7, 11) is 0. The Kier molecular flexibility index (Phi) is 6.17. The lowest BCUT2D eigenvalue weighted by Gasteiger charge is -2.05. The fourth-order valence-electron chi connectivity index (χ4n) is 1.72. The molecule has 0 bridgehead atoms. The number of rotatable bonds is 5. The highest BCUT2D eigenvalue weighted by molar-refractivity contribution is 6.42. The first kappa shape index (κ1) is 17.8. The van der Waals surface area contributed by atoms with Crippen molar-refractivity contribution in [3.63, 3.8) is 0 Å². The Morgan fingerprint density at radius 3 is 2.62 bits per heavy atom. The van der Waals surface area contributed by atoms with E-state index in [0.717, 1.165) is 0 Å². The van der Waals surface area contributed by atoms with E-state index in [9.17, 15) is 14.7 Å². The molecule has 2 rings (SSSR count). The first-order valence-electron chi connectivity index (χ1n) is 6.80. The monoisotopic (exact) mass is 365 g/mol. The van der Waals surface area contributed by atoms with E-state index in [4.69, 9.17) is 23.2 Å². The number of hydrogen-bond donors (Lipinski definition) is 3. The van der Waals surface area contributed by atoms with Gasteiger partial charge in [0.25, 0.3) is 11.8 Å². The predicted octanol–water partition coefficient (Wildman–Crippen LogP) is 2.58. The van der Waals surface area contributed by atoms with Crippen LogP contribution < -0.4 is 10.7 Å². The molecule has 0 spiro atoms. The van der Waals surface area contributed by atoms with E-state index in [-0.39, 0.29) is 17.3 Å². The molecule has 24 heavy (non-hydrogen) atoms. The zero-order valence-corrected chi connectivity index (χ0v) is 13.8. The first-order chi connectivity index (χ1) is 11.5. The molecule has 6 nitrogen and oxygen atoms in total. The van der Waals surface area contributed by atoms with Gasteiger partial charge in [-0.25, -0.2) is 5.43 Å². The van der Waals surface area contributed by atoms with Crippen molar-refractivity contribution in [3.05, 3.63) is 63.6 Å². The second kappa shape index (κ2) is 8.33. The maximum atomic E-state index is 11.9. The Bertz CT molecular complexity index is 794. The fraction of sp³-hybridized carbons (Fsp3) is 0.0625. The molecule has 0 aliphatic carbocycles. The molecule has 0 aliphatic heterocycles. The lowest BCUT2D eigenvalue weighted by molar-refractivity contribution is -0.120. The normalized spacial score (nSPS) is 10.6. The minimum atomic E-state index is -0.500. The molecule has 0 heterocycles. The van der Waals surface area contributed by atoms with Gasteiger partial charge >= 0.3 is 0 Å². The average Bonchev–Trinajstić information content (AvgIpc) is 2.55. The molecule has 0 fully saturated rings. The summed E-state index contributed by atoms with van der Waals surface area (Å²) < 4.78 is 0. The highest BCUT2D eigenvalue weighted by Crippen LogP contribution is 2.22. The number of carbonyl (C=O) groups is 2. The van der Waals surface area contributed by atoms with Gasteiger partial charge < -0.3 is 10.4 Å². The molecular weight excluding hydrogens is 353 g/mol. The summed E-state index contributed by atoms with van der Waals surface area (Å²) in [4.78, 5) is 23.5. The molecule has 0 aromatic heterocycles. The Hall–Kier alpha value is -2.57. The van der Waals surface area contributed by atoms with Gasteiger partial charge in [0.05, 0.1) is 22.8 Å². The Morgan fingerprint density at radius 1 is 1.12 bits per heavy atom. The fourth-order valence-corrected chi connectivity index (χ4v) is 2.02. The second-order valence-electron chi connectivity index (χ2n) is 4.70. The summed E-state index contributed by atoms with van der Waals surface area (Å²) in [6.07, 6.45) is 1.37. The third-order valence-corrected chi connectivity index (χ3v) is 3.60. The van der Waals surface area contributed by atoms with Crippen LogP contribution in [0.3, 0.4) is 0 Å². The van der Waals surface area contributed by atoms with Crippen LogP contribution in [-0.2, 0) is 4.79 Å². The number of carbonyl (C=O) groups excluding carboxylic acids is 2. The molecule has 0 unspecified atom stereocenters. The number of phenolic OH excluding ortho intramolecular Hbond substituents is 1. The van der Waals surface area contributed by atoms with Crippen LogP contribution in [0.15, 0.2) is 47.6 Å². The van der Waals surface area contributed by atoms with Crippen molar-refractivity contribution in [2.75, 3.05) is 6.54 Å². The molecule has 2 amide bonds. The highest BCUT2D eigenvalue weighted by atomic mass is 35.5. The van der Waals surface area contributed by atoms with Crippen molar-refractivity contribution in [1.29, 1.82) is 0 Å². The zero-order chi connectivity index (χ0) is 17.5. The van der Waals surface area contributed by atoms with Gasteiger partial charge in [0.2, 0.25) is 0 Å². The number of amides is 2. The van der Waals surface area contributed by atoms with Gasteiger partial charge in [0, 0.05) is 5.56 Å². The number of phenols is 1. The molecule has 0 atom stereocenters. The lowest BCUT2D eigenvalue weighted by atomic mass is 10.2. The molecule has 0 aliphatic rings.